The van der Waals surface area contributed by atoms with E-state index in [-0.39, 0.29) is 0 Å². The molecule has 1 saturated heterocycles. The molecule has 1 aromatic rings. The third-order valence-electron chi connectivity index (χ3n) is 3.60. The molecule has 1 unspecified atom stereocenters. The molecular weight excluding hydrogens is 212 g/mol. The molecule has 3 nitrogen and oxygen atoms in total. The molecule has 0 amide bonds. The zero-order chi connectivity index (χ0) is 12.3. The van der Waals surface area contributed by atoms with Crippen LogP contribution in [0.25, 0.3) is 0 Å². The van der Waals surface area contributed by atoms with Gasteiger partial charge in [-0.25, -0.2) is 0 Å². The van der Waals surface area contributed by atoms with Crippen LogP contribution in [0.3, 0.4) is 0 Å². The van der Waals surface area contributed by atoms with Crippen molar-refractivity contribution in [3.05, 3.63) is 29.8 Å². The van der Waals surface area contributed by atoms with Gasteiger partial charge in [-0.3, -0.25) is 0 Å². The summed E-state index contributed by atoms with van der Waals surface area (Å²) in [5.41, 5.74) is 1.06. The number of piperazine rings is 1. The molecule has 1 aromatic carbocycles. The van der Waals surface area contributed by atoms with Crippen LogP contribution in [0.4, 0.5) is 0 Å². The Morgan fingerprint density at radius 1 is 1.18 bits per heavy atom. The van der Waals surface area contributed by atoms with E-state index in [0.29, 0.717) is 11.7 Å². The molecule has 1 fully saturated rings. The van der Waals surface area contributed by atoms with Crippen LogP contribution in [0.2, 0.25) is 0 Å². The Bertz CT molecular complexity index is 359. The van der Waals surface area contributed by atoms with Gasteiger partial charge in [0.15, 0.2) is 0 Å². The number of hydrogen-bond donors (Lipinski definition) is 1. The smallest absolute Gasteiger partial charge is 0.119 e. The van der Waals surface area contributed by atoms with Gasteiger partial charge >= 0.3 is 0 Å². The number of phenols is 1. The van der Waals surface area contributed by atoms with Crippen molar-refractivity contribution in [1.29, 1.82) is 0 Å². The van der Waals surface area contributed by atoms with E-state index in [4.69, 9.17) is 0 Å². The number of aromatic hydroxyl groups is 1. The fourth-order valence-electron chi connectivity index (χ4n) is 2.42. The van der Waals surface area contributed by atoms with Crippen LogP contribution in [-0.2, 0) is 0 Å². The second kappa shape index (κ2) is 5.52. The molecule has 1 N–H and O–H groups in total. The van der Waals surface area contributed by atoms with Gasteiger partial charge in [0.25, 0.3) is 0 Å². The van der Waals surface area contributed by atoms with Crippen LogP contribution < -0.4 is 0 Å². The standard InChI is InChI=1S/C14H22N2O/c1-12(13-5-3-4-6-14(13)17)11-16-9-7-15(2)8-10-16/h3-6,12,17H,7-11H2,1-2H3. The van der Waals surface area contributed by atoms with E-state index in [9.17, 15) is 5.11 Å². The first kappa shape index (κ1) is 12.4. The van der Waals surface area contributed by atoms with Crippen molar-refractivity contribution in [2.75, 3.05) is 39.8 Å². The average Bonchev–Trinajstić information content (AvgIpc) is 2.32. The van der Waals surface area contributed by atoms with E-state index < -0.39 is 0 Å². The Hall–Kier alpha value is -1.06. The number of phenolic OH excluding ortho intramolecular Hbond substituents is 1. The zero-order valence-corrected chi connectivity index (χ0v) is 10.8. The molecule has 1 atom stereocenters. The number of para-hydroxylation sites is 1. The molecule has 0 spiro atoms. The summed E-state index contributed by atoms with van der Waals surface area (Å²) in [6.45, 7) is 7.78. The van der Waals surface area contributed by atoms with Crippen LogP contribution in [0, 0.1) is 0 Å². The number of hydrogen-bond acceptors (Lipinski definition) is 3. The summed E-state index contributed by atoms with van der Waals surface area (Å²) in [7, 11) is 2.17. The fourth-order valence-corrected chi connectivity index (χ4v) is 2.42. The third-order valence-corrected chi connectivity index (χ3v) is 3.60. The molecule has 1 aliphatic heterocycles. The SMILES string of the molecule is CC(CN1CCN(C)CC1)c1ccccc1O. The lowest BCUT2D eigenvalue weighted by Gasteiger charge is -2.34. The van der Waals surface area contributed by atoms with Crippen LogP contribution in [0.5, 0.6) is 5.75 Å². The summed E-state index contributed by atoms with van der Waals surface area (Å²) in [6, 6.07) is 7.67. The number of likely N-dealkylation sites (N-methyl/N-ethyl adjacent to an activating group) is 1. The van der Waals surface area contributed by atoms with Gasteiger partial charge in [0, 0.05) is 32.7 Å². The minimum atomic E-state index is 0.389. The Balaban J connectivity index is 1.93. The van der Waals surface area contributed by atoms with Crippen molar-refractivity contribution in [2.45, 2.75) is 12.8 Å². The summed E-state index contributed by atoms with van der Waals surface area (Å²) >= 11 is 0. The fraction of sp³-hybridized carbons (Fsp3) is 0.571. The van der Waals surface area contributed by atoms with Crippen molar-refractivity contribution in [2.24, 2.45) is 0 Å². The van der Waals surface area contributed by atoms with Gasteiger partial charge in [-0.15, -0.1) is 0 Å². The van der Waals surface area contributed by atoms with Gasteiger partial charge in [0.1, 0.15) is 5.75 Å². The molecule has 0 aromatic heterocycles. The van der Waals surface area contributed by atoms with E-state index in [1.165, 1.54) is 0 Å². The summed E-state index contributed by atoms with van der Waals surface area (Å²) in [5, 5.41) is 9.83. The minimum absolute atomic E-state index is 0.389. The quantitative estimate of drug-likeness (QED) is 0.863. The van der Waals surface area contributed by atoms with E-state index in [1.807, 2.05) is 18.2 Å². The average molecular weight is 234 g/mol. The summed E-state index contributed by atoms with van der Waals surface area (Å²) in [6.07, 6.45) is 0. The molecule has 17 heavy (non-hydrogen) atoms. The highest BCUT2D eigenvalue weighted by Crippen LogP contribution is 2.25. The van der Waals surface area contributed by atoms with Crippen LogP contribution in [0.1, 0.15) is 18.4 Å². The van der Waals surface area contributed by atoms with E-state index in [0.717, 1.165) is 38.3 Å². The van der Waals surface area contributed by atoms with Crippen molar-refractivity contribution in [3.63, 3.8) is 0 Å². The molecule has 0 aliphatic carbocycles. The van der Waals surface area contributed by atoms with Gasteiger partial charge in [0.2, 0.25) is 0 Å². The monoisotopic (exact) mass is 234 g/mol. The molecule has 3 heteroatoms. The molecule has 94 valence electrons. The zero-order valence-electron chi connectivity index (χ0n) is 10.8. The van der Waals surface area contributed by atoms with E-state index in [1.54, 1.807) is 6.07 Å². The van der Waals surface area contributed by atoms with Crippen LogP contribution >= 0.6 is 0 Å². The predicted molar refractivity (Wildman–Crippen MR) is 70.5 cm³/mol. The Morgan fingerprint density at radius 2 is 1.82 bits per heavy atom. The maximum absolute atomic E-state index is 9.83. The summed E-state index contributed by atoms with van der Waals surface area (Å²) < 4.78 is 0. The minimum Gasteiger partial charge on any atom is -0.508 e. The predicted octanol–water partition coefficient (Wildman–Crippen LogP) is 1.74. The number of nitrogens with zero attached hydrogens (tertiary/aromatic N) is 2. The Labute approximate surface area is 104 Å². The maximum Gasteiger partial charge on any atom is 0.119 e. The van der Waals surface area contributed by atoms with E-state index in [2.05, 4.69) is 23.8 Å². The second-order valence-electron chi connectivity index (χ2n) is 5.06. The molecule has 2 rings (SSSR count). The van der Waals surface area contributed by atoms with E-state index >= 15 is 0 Å². The molecule has 0 bridgehead atoms. The number of benzene rings is 1. The highest BCUT2D eigenvalue weighted by Gasteiger charge is 2.18. The van der Waals surface area contributed by atoms with Crippen molar-refractivity contribution in [1.82, 2.24) is 9.80 Å². The van der Waals surface area contributed by atoms with Gasteiger partial charge in [-0.2, -0.15) is 0 Å². The van der Waals surface area contributed by atoms with Gasteiger partial charge in [-0.1, -0.05) is 25.1 Å². The first-order valence-electron chi connectivity index (χ1n) is 6.35. The molecule has 0 saturated carbocycles. The van der Waals surface area contributed by atoms with Crippen LogP contribution in [-0.4, -0.2) is 54.7 Å². The highest BCUT2D eigenvalue weighted by molar-refractivity contribution is 5.34. The summed E-state index contributed by atoms with van der Waals surface area (Å²) in [5.74, 6) is 0.814. The third kappa shape index (κ3) is 3.20. The Morgan fingerprint density at radius 3 is 2.47 bits per heavy atom. The lowest BCUT2D eigenvalue weighted by atomic mass is 9.99. The summed E-state index contributed by atoms with van der Waals surface area (Å²) in [4.78, 5) is 4.85. The lowest BCUT2D eigenvalue weighted by Crippen LogP contribution is -2.45. The Kier molecular flexibility index (Phi) is 4.02. The molecule has 1 heterocycles. The van der Waals surface area contributed by atoms with Gasteiger partial charge < -0.3 is 14.9 Å². The van der Waals surface area contributed by atoms with Crippen LogP contribution in [0.15, 0.2) is 24.3 Å². The largest absolute Gasteiger partial charge is 0.508 e. The first-order valence-corrected chi connectivity index (χ1v) is 6.35. The normalized spacial score (nSPS) is 20.4. The lowest BCUT2D eigenvalue weighted by molar-refractivity contribution is 0.148. The van der Waals surface area contributed by atoms with Crippen molar-refractivity contribution >= 4 is 0 Å². The van der Waals surface area contributed by atoms with Crippen molar-refractivity contribution in [3.8, 4) is 5.75 Å². The van der Waals surface area contributed by atoms with Crippen molar-refractivity contribution < 1.29 is 5.11 Å². The molecule has 0 radical (unpaired) electrons. The first-order chi connectivity index (χ1) is 8.16. The molecule has 1 aliphatic rings. The van der Waals surface area contributed by atoms with Gasteiger partial charge in [0.05, 0.1) is 0 Å². The topological polar surface area (TPSA) is 26.7 Å². The highest BCUT2D eigenvalue weighted by atomic mass is 16.3. The second-order valence-corrected chi connectivity index (χ2v) is 5.06. The maximum atomic E-state index is 9.83. The van der Waals surface area contributed by atoms with Gasteiger partial charge in [-0.05, 0) is 24.6 Å². The number of rotatable bonds is 3. The molecular formula is C14H22N2O.